The van der Waals surface area contributed by atoms with Gasteiger partial charge in [0.15, 0.2) is 6.61 Å². The lowest BCUT2D eigenvalue weighted by Crippen LogP contribution is -2.43. The first-order valence-corrected chi connectivity index (χ1v) is 7.31. The number of ether oxygens (including phenoxy) is 1. The molecule has 4 nitrogen and oxygen atoms in total. The lowest BCUT2D eigenvalue weighted by molar-refractivity contribution is -0.123. The van der Waals surface area contributed by atoms with Gasteiger partial charge in [-0.05, 0) is 49.5 Å². The van der Waals surface area contributed by atoms with Crippen molar-refractivity contribution in [3.05, 3.63) is 29.3 Å². The molecule has 1 amide bonds. The third-order valence-corrected chi connectivity index (χ3v) is 3.92. The number of nitrogens with one attached hydrogen (secondary N) is 2. The largest absolute Gasteiger partial charge is 0.484 e. The average molecular weight is 297 g/mol. The molecule has 0 bridgehead atoms. The topological polar surface area (TPSA) is 50.4 Å². The Balaban J connectivity index is 1.72. The molecular weight excluding hydrogens is 276 g/mol. The summed E-state index contributed by atoms with van der Waals surface area (Å²) in [5, 5.41) is 6.88. The van der Waals surface area contributed by atoms with E-state index in [1.54, 1.807) is 24.3 Å². The molecule has 1 fully saturated rings. The van der Waals surface area contributed by atoms with Crippen LogP contribution in [0.25, 0.3) is 0 Å². The van der Waals surface area contributed by atoms with Crippen LogP contribution in [0.5, 0.6) is 5.75 Å². The lowest BCUT2D eigenvalue weighted by Gasteiger charge is -2.34. The first-order valence-electron chi connectivity index (χ1n) is 6.93. The zero-order valence-electron chi connectivity index (χ0n) is 11.7. The maximum atomic E-state index is 11.8. The molecule has 1 aromatic rings. The Morgan fingerprint density at radius 2 is 2.20 bits per heavy atom. The summed E-state index contributed by atoms with van der Waals surface area (Å²) in [5.41, 5.74) is 0.191. The molecule has 110 valence electrons. The maximum absolute atomic E-state index is 11.8. The van der Waals surface area contributed by atoms with Gasteiger partial charge in [0, 0.05) is 11.6 Å². The normalized spacial score (nSPS) is 17.5. The molecule has 0 aliphatic carbocycles. The van der Waals surface area contributed by atoms with Crippen molar-refractivity contribution in [2.75, 3.05) is 26.2 Å². The van der Waals surface area contributed by atoms with Crippen LogP contribution < -0.4 is 15.4 Å². The standard InChI is InChI=1S/C15H21ClN2O2/c1-15(5-7-17-8-6-15)11-18-14(19)10-20-13-4-2-3-12(16)9-13/h2-4,9,17H,5-8,10-11H2,1H3,(H,18,19). The molecule has 1 saturated heterocycles. The Hall–Kier alpha value is -1.26. The number of hydrogen-bond acceptors (Lipinski definition) is 3. The minimum atomic E-state index is -0.0928. The molecule has 5 heteroatoms. The van der Waals surface area contributed by atoms with Gasteiger partial charge >= 0.3 is 0 Å². The summed E-state index contributed by atoms with van der Waals surface area (Å²) in [4.78, 5) is 11.8. The van der Waals surface area contributed by atoms with Crippen molar-refractivity contribution in [1.82, 2.24) is 10.6 Å². The van der Waals surface area contributed by atoms with Crippen LogP contribution in [0.15, 0.2) is 24.3 Å². The fourth-order valence-electron chi connectivity index (χ4n) is 2.28. The molecule has 0 aromatic heterocycles. The summed E-state index contributed by atoms with van der Waals surface area (Å²) in [6, 6.07) is 7.05. The van der Waals surface area contributed by atoms with Crippen molar-refractivity contribution < 1.29 is 9.53 Å². The lowest BCUT2D eigenvalue weighted by atomic mass is 9.81. The van der Waals surface area contributed by atoms with Crippen LogP contribution in [0.4, 0.5) is 0 Å². The number of amides is 1. The average Bonchev–Trinajstić information content (AvgIpc) is 2.44. The second-order valence-electron chi connectivity index (χ2n) is 5.58. The van der Waals surface area contributed by atoms with Gasteiger partial charge in [0.25, 0.3) is 5.91 Å². The Morgan fingerprint density at radius 1 is 1.45 bits per heavy atom. The Bertz CT molecular complexity index is 459. The number of benzene rings is 1. The molecule has 2 N–H and O–H groups in total. The smallest absolute Gasteiger partial charge is 0.257 e. The van der Waals surface area contributed by atoms with E-state index in [2.05, 4.69) is 17.6 Å². The van der Waals surface area contributed by atoms with Gasteiger partial charge < -0.3 is 15.4 Å². The van der Waals surface area contributed by atoms with Gasteiger partial charge in [-0.3, -0.25) is 4.79 Å². The number of carbonyl (C=O) groups is 1. The van der Waals surface area contributed by atoms with Crippen LogP contribution in [0, 0.1) is 5.41 Å². The predicted octanol–water partition coefficient (Wildman–Crippen LogP) is 2.22. The van der Waals surface area contributed by atoms with Crippen molar-refractivity contribution in [3.63, 3.8) is 0 Å². The highest BCUT2D eigenvalue weighted by molar-refractivity contribution is 6.30. The molecule has 0 radical (unpaired) electrons. The van der Waals surface area contributed by atoms with Crippen molar-refractivity contribution in [1.29, 1.82) is 0 Å². The highest BCUT2D eigenvalue weighted by atomic mass is 35.5. The third kappa shape index (κ3) is 4.69. The van der Waals surface area contributed by atoms with Crippen molar-refractivity contribution in [2.24, 2.45) is 5.41 Å². The zero-order valence-corrected chi connectivity index (χ0v) is 12.5. The molecule has 0 unspecified atom stereocenters. The molecular formula is C15H21ClN2O2. The van der Waals surface area contributed by atoms with Gasteiger partial charge in [-0.2, -0.15) is 0 Å². The molecule has 1 aromatic carbocycles. The summed E-state index contributed by atoms with van der Waals surface area (Å²) >= 11 is 5.85. The second kappa shape index (κ2) is 6.95. The number of hydrogen-bond donors (Lipinski definition) is 2. The third-order valence-electron chi connectivity index (χ3n) is 3.69. The SMILES string of the molecule is CC1(CNC(=O)COc2cccc(Cl)c2)CCNCC1. The molecule has 1 aliphatic rings. The molecule has 2 rings (SSSR count). The van der Waals surface area contributed by atoms with Crippen LogP contribution in [-0.4, -0.2) is 32.1 Å². The van der Waals surface area contributed by atoms with E-state index in [1.807, 2.05) is 0 Å². The predicted molar refractivity (Wildman–Crippen MR) is 80.2 cm³/mol. The van der Waals surface area contributed by atoms with Crippen LogP contribution in [0.3, 0.4) is 0 Å². The van der Waals surface area contributed by atoms with E-state index in [9.17, 15) is 4.79 Å². The van der Waals surface area contributed by atoms with Gasteiger partial charge in [-0.15, -0.1) is 0 Å². The fourth-order valence-corrected chi connectivity index (χ4v) is 2.46. The van der Waals surface area contributed by atoms with Crippen LogP contribution in [-0.2, 0) is 4.79 Å². The number of halogens is 1. The number of rotatable bonds is 5. The van der Waals surface area contributed by atoms with E-state index >= 15 is 0 Å². The van der Waals surface area contributed by atoms with Crippen molar-refractivity contribution in [2.45, 2.75) is 19.8 Å². The summed E-state index contributed by atoms with van der Waals surface area (Å²) in [5.74, 6) is 0.519. The minimum absolute atomic E-state index is 0.0225. The highest BCUT2D eigenvalue weighted by Gasteiger charge is 2.26. The Morgan fingerprint density at radius 3 is 2.90 bits per heavy atom. The number of carbonyl (C=O) groups excluding carboxylic acids is 1. The van der Waals surface area contributed by atoms with Gasteiger partial charge in [0.1, 0.15) is 5.75 Å². The molecule has 1 heterocycles. The molecule has 0 saturated carbocycles. The van der Waals surface area contributed by atoms with Crippen LogP contribution >= 0.6 is 11.6 Å². The maximum Gasteiger partial charge on any atom is 0.257 e. The van der Waals surface area contributed by atoms with Crippen LogP contribution in [0.2, 0.25) is 5.02 Å². The van der Waals surface area contributed by atoms with E-state index in [-0.39, 0.29) is 17.9 Å². The first-order chi connectivity index (χ1) is 9.57. The van der Waals surface area contributed by atoms with E-state index in [4.69, 9.17) is 16.3 Å². The second-order valence-corrected chi connectivity index (χ2v) is 6.02. The fraction of sp³-hybridized carbons (Fsp3) is 0.533. The van der Waals surface area contributed by atoms with E-state index in [0.29, 0.717) is 17.3 Å². The van der Waals surface area contributed by atoms with Crippen molar-refractivity contribution >= 4 is 17.5 Å². The van der Waals surface area contributed by atoms with Crippen molar-refractivity contribution in [3.8, 4) is 5.75 Å². The monoisotopic (exact) mass is 296 g/mol. The first kappa shape index (κ1) is 15.1. The van der Waals surface area contributed by atoms with E-state index in [1.165, 1.54) is 0 Å². The molecule has 1 aliphatic heterocycles. The summed E-state index contributed by atoms with van der Waals surface area (Å²) in [7, 11) is 0. The van der Waals surface area contributed by atoms with Gasteiger partial charge in [0.05, 0.1) is 0 Å². The molecule has 0 spiro atoms. The van der Waals surface area contributed by atoms with E-state index in [0.717, 1.165) is 25.9 Å². The Kier molecular flexibility index (Phi) is 5.26. The quantitative estimate of drug-likeness (QED) is 0.876. The zero-order chi connectivity index (χ0) is 14.4. The number of piperidine rings is 1. The summed E-state index contributed by atoms with van der Waals surface area (Å²) < 4.78 is 5.41. The summed E-state index contributed by atoms with van der Waals surface area (Å²) in [6.07, 6.45) is 2.17. The van der Waals surface area contributed by atoms with Gasteiger partial charge in [-0.25, -0.2) is 0 Å². The minimum Gasteiger partial charge on any atom is -0.484 e. The van der Waals surface area contributed by atoms with E-state index < -0.39 is 0 Å². The van der Waals surface area contributed by atoms with Gasteiger partial charge in [-0.1, -0.05) is 24.6 Å². The highest BCUT2D eigenvalue weighted by Crippen LogP contribution is 2.26. The summed E-state index contributed by atoms with van der Waals surface area (Å²) in [6.45, 7) is 4.98. The van der Waals surface area contributed by atoms with Crippen LogP contribution in [0.1, 0.15) is 19.8 Å². The Labute approximate surface area is 124 Å². The molecule has 20 heavy (non-hydrogen) atoms. The molecule has 0 atom stereocenters. The van der Waals surface area contributed by atoms with Gasteiger partial charge in [0.2, 0.25) is 0 Å².